The lowest BCUT2D eigenvalue weighted by molar-refractivity contribution is -0.118. The molecule has 30 heavy (non-hydrogen) atoms. The number of amides is 2. The van der Waals surface area contributed by atoms with Crippen molar-refractivity contribution in [1.29, 1.82) is 0 Å². The number of rotatable bonds is 5. The van der Waals surface area contributed by atoms with E-state index in [0.29, 0.717) is 33.6 Å². The first kappa shape index (κ1) is 20.2. The van der Waals surface area contributed by atoms with Crippen molar-refractivity contribution in [2.24, 2.45) is 0 Å². The Hall–Kier alpha value is -3.09. The van der Waals surface area contributed by atoms with E-state index in [4.69, 9.17) is 27.9 Å². The number of nitrogens with one attached hydrogen (secondary N) is 1. The highest BCUT2D eigenvalue weighted by molar-refractivity contribution is 6.42. The molecule has 2 amide bonds. The van der Waals surface area contributed by atoms with Crippen LogP contribution in [0.2, 0.25) is 10.0 Å². The molecule has 1 N–H and O–H groups in total. The molecule has 8 heteroatoms. The Labute approximate surface area is 183 Å². The van der Waals surface area contributed by atoms with Crippen LogP contribution in [0.5, 0.6) is 5.75 Å². The maximum Gasteiger partial charge on any atom is 0.262 e. The molecule has 0 aliphatic carbocycles. The van der Waals surface area contributed by atoms with Gasteiger partial charge in [0.15, 0.2) is 12.4 Å². The van der Waals surface area contributed by atoms with Crippen LogP contribution in [0.3, 0.4) is 0 Å². The molecule has 0 saturated carbocycles. The predicted molar refractivity (Wildman–Crippen MR) is 115 cm³/mol. The predicted octanol–water partition coefficient (Wildman–Crippen LogP) is 4.56. The number of carbonyl (C=O) groups is 2. The molecule has 3 aromatic rings. The maximum absolute atomic E-state index is 13.5. The molecule has 6 nitrogen and oxygen atoms in total. The van der Waals surface area contributed by atoms with Crippen LogP contribution in [0.15, 0.2) is 60.8 Å². The van der Waals surface area contributed by atoms with Gasteiger partial charge < -0.3 is 15.0 Å². The van der Waals surface area contributed by atoms with E-state index in [9.17, 15) is 9.59 Å². The monoisotopic (exact) mass is 441 g/mol. The van der Waals surface area contributed by atoms with Gasteiger partial charge in [-0.05, 0) is 42.0 Å². The minimum absolute atomic E-state index is 0.135. The highest BCUT2D eigenvalue weighted by atomic mass is 35.5. The van der Waals surface area contributed by atoms with Gasteiger partial charge in [0, 0.05) is 12.7 Å². The molecule has 0 atom stereocenters. The average Bonchev–Trinajstić information content (AvgIpc) is 2.75. The van der Waals surface area contributed by atoms with Gasteiger partial charge in [-0.25, -0.2) is 0 Å². The molecule has 1 aromatic heterocycles. The molecule has 4 rings (SSSR count). The lowest BCUT2D eigenvalue weighted by Gasteiger charge is -2.26. The van der Waals surface area contributed by atoms with Crippen LogP contribution in [0.1, 0.15) is 21.6 Å². The average molecular weight is 442 g/mol. The maximum atomic E-state index is 13.5. The number of hydrogen-bond acceptors (Lipinski definition) is 4. The van der Waals surface area contributed by atoms with E-state index in [2.05, 4.69) is 10.3 Å². The summed E-state index contributed by atoms with van der Waals surface area (Å²) in [6, 6.07) is 15.9. The van der Waals surface area contributed by atoms with Gasteiger partial charge in [0.1, 0.15) is 0 Å². The number of carbonyl (C=O) groups excluding carboxylic acids is 2. The van der Waals surface area contributed by atoms with E-state index in [-0.39, 0.29) is 25.0 Å². The number of fused-ring (bicyclic) bond motifs is 1. The van der Waals surface area contributed by atoms with Gasteiger partial charge in [0.2, 0.25) is 0 Å². The van der Waals surface area contributed by atoms with E-state index in [1.807, 2.05) is 24.3 Å². The van der Waals surface area contributed by atoms with Crippen molar-refractivity contribution in [3.63, 3.8) is 0 Å². The first-order valence-electron chi connectivity index (χ1n) is 9.20. The summed E-state index contributed by atoms with van der Waals surface area (Å²) in [6.45, 7) is 0.447. The number of ether oxygens (including phenoxy) is 1. The smallest absolute Gasteiger partial charge is 0.262 e. The summed E-state index contributed by atoms with van der Waals surface area (Å²) in [4.78, 5) is 31.1. The molecule has 0 radical (unpaired) electrons. The van der Waals surface area contributed by atoms with Crippen molar-refractivity contribution in [3.8, 4) is 5.75 Å². The summed E-state index contributed by atoms with van der Waals surface area (Å²) < 4.78 is 5.56. The number of aromatic nitrogens is 1. The van der Waals surface area contributed by atoms with Crippen LogP contribution in [-0.4, -0.2) is 28.3 Å². The minimum Gasteiger partial charge on any atom is -0.481 e. The van der Waals surface area contributed by atoms with Crippen molar-refractivity contribution in [1.82, 2.24) is 9.88 Å². The highest BCUT2D eigenvalue weighted by Crippen LogP contribution is 2.33. The normalized spacial score (nSPS) is 12.5. The van der Waals surface area contributed by atoms with E-state index in [1.165, 1.54) is 0 Å². The third-order valence-corrected chi connectivity index (χ3v) is 5.33. The Morgan fingerprint density at radius 2 is 1.93 bits per heavy atom. The highest BCUT2D eigenvalue weighted by Gasteiger charge is 2.26. The molecule has 0 bridgehead atoms. The summed E-state index contributed by atoms with van der Waals surface area (Å²) in [6.07, 6.45) is 1.68. The summed E-state index contributed by atoms with van der Waals surface area (Å²) in [5.41, 5.74) is 2.41. The van der Waals surface area contributed by atoms with Gasteiger partial charge in [-0.1, -0.05) is 41.4 Å². The van der Waals surface area contributed by atoms with Crippen molar-refractivity contribution in [2.45, 2.75) is 13.1 Å². The standard InChI is InChI=1S/C22H17Cl2N3O3/c23-17-8-7-14(10-18(17)24)11-27(12-15-4-1-2-9-25-15)22(29)16-5-3-6-19-21(16)30-13-20(28)26-19/h1-10H,11-13H2,(H,26,28). The zero-order valence-corrected chi connectivity index (χ0v) is 17.3. The molecule has 0 fully saturated rings. The zero-order chi connectivity index (χ0) is 21.1. The van der Waals surface area contributed by atoms with Crippen molar-refractivity contribution in [2.75, 3.05) is 11.9 Å². The van der Waals surface area contributed by atoms with Crippen LogP contribution in [-0.2, 0) is 17.9 Å². The molecule has 0 spiro atoms. The number of benzene rings is 2. The summed E-state index contributed by atoms with van der Waals surface area (Å²) in [5.74, 6) is -0.143. The van der Waals surface area contributed by atoms with Gasteiger partial charge in [-0.15, -0.1) is 0 Å². The van der Waals surface area contributed by atoms with Gasteiger partial charge >= 0.3 is 0 Å². The number of hydrogen-bond donors (Lipinski definition) is 1. The fourth-order valence-corrected chi connectivity index (χ4v) is 3.52. The molecule has 1 aliphatic heterocycles. The third kappa shape index (κ3) is 4.40. The minimum atomic E-state index is -0.256. The van der Waals surface area contributed by atoms with Crippen molar-refractivity contribution >= 4 is 40.7 Å². The fourth-order valence-electron chi connectivity index (χ4n) is 3.20. The number of halogens is 2. The van der Waals surface area contributed by atoms with Crippen LogP contribution in [0, 0.1) is 0 Å². The van der Waals surface area contributed by atoms with E-state index in [0.717, 1.165) is 11.3 Å². The van der Waals surface area contributed by atoms with Gasteiger partial charge in [0.05, 0.1) is 33.5 Å². The van der Waals surface area contributed by atoms with Crippen LogP contribution in [0.25, 0.3) is 0 Å². The second-order valence-corrected chi connectivity index (χ2v) is 7.56. The van der Waals surface area contributed by atoms with Crippen molar-refractivity contribution in [3.05, 3.63) is 87.7 Å². The second-order valence-electron chi connectivity index (χ2n) is 6.75. The molecular formula is C22H17Cl2N3O3. The number of nitrogens with zero attached hydrogens (tertiary/aromatic N) is 2. The lowest BCUT2D eigenvalue weighted by Crippen LogP contribution is -2.32. The Kier molecular flexibility index (Phi) is 5.88. The van der Waals surface area contributed by atoms with Gasteiger partial charge in [-0.3, -0.25) is 14.6 Å². The van der Waals surface area contributed by atoms with Crippen molar-refractivity contribution < 1.29 is 14.3 Å². The molecule has 1 aliphatic rings. The van der Waals surface area contributed by atoms with Crippen LogP contribution >= 0.6 is 23.2 Å². The molecule has 2 aromatic carbocycles. The number of pyridine rings is 1. The Bertz CT molecular complexity index is 1110. The number of para-hydroxylation sites is 1. The quantitative estimate of drug-likeness (QED) is 0.629. The molecular weight excluding hydrogens is 425 g/mol. The molecule has 0 unspecified atom stereocenters. The van der Waals surface area contributed by atoms with Gasteiger partial charge in [0.25, 0.3) is 11.8 Å². The second kappa shape index (κ2) is 8.73. The first-order chi connectivity index (χ1) is 14.5. The summed E-state index contributed by atoms with van der Waals surface area (Å²) in [5, 5.41) is 3.60. The fraction of sp³-hybridized carbons (Fsp3) is 0.136. The van der Waals surface area contributed by atoms with E-state index < -0.39 is 0 Å². The molecule has 2 heterocycles. The zero-order valence-electron chi connectivity index (χ0n) is 15.8. The Balaban J connectivity index is 1.68. The lowest BCUT2D eigenvalue weighted by atomic mass is 10.1. The van der Waals surface area contributed by atoms with E-state index >= 15 is 0 Å². The first-order valence-corrected chi connectivity index (χ1v) is 9.95. The topological polar surface area (TPSA) is 71.5 Å². The Morgan fingerprint density at radius 1 is 1.07 bits per heavy atom. The Morgan fingerprint density at radius 3 is 2.70 bits per heavy atom. The van der Waals surface area contributed by atoms with Crippen LogP contribution in [0.4, 0.5) is 5.69 Å². The number of anilines is 1. The van der Waals surface area contributed by atoms with E-state index in [1.54, 1.807) is 41.4 Å². The molecule has 152 valence electrons. The van der Waals surface area contributed by atoms with Crippen LogP contribution < -0.4 is 10.1 Å². The largest absolute Gasteiger partial charge is 0.481 e. The third-order valence-electron chi connectivity index (χ3n) is 4.59. The summed E-state index contributed by atoms with van der Waals surface area (Å²) >= 11 is 12.2. The van der Waals surface area contributed by atoms with Gasteiger partial charge in [-0.2, -0.15) is 0 Å². The summed E-state index contributed by atoms with van der Waals surface area (Å²) in [7, 11) is 0. The SMILES string of the molecule is O=C1COc2c(cccc2C(=O)N(Cc2ccc(Cl)c(Cl)c2)Cc2ccccn2)N1. The molecule has 0 saturated heterocycles.